The topological polar surface area (TPSA) is 17.1 Å². The molecule has 6 atom stereocenters. The van der Waals surface area contributed by atoms with Crippen molar-refractivity contribution in [1.29, 1.82) is 0 Å². The highest BCUT2D eigenvalue weighted by Gasteiger charge is 2.56. The summed E-state index contributed by atoms with van der Waals surface area (Å²) < 4.78 is 0. The maximum Gasteiger partial charge on any atom is 0.136 e. The van der Waals surface area contributed by atoms with Gasteiger partial charge in [-0.15, -0.1) is 0 Å². The molecule has 0 amide bonds. The number of hydrogen-bond acceptors (Lipinski definition) is 1. The Morgan fingerprint density at radius 2 is 1.93 bits per heavy atom. The number of carbonyl (C=O) groups excluding carboxylic acids is 1. The first kappa shape index (κ1) is 20.2. The smallest absolute Gasteiger partial charge is 0.136 e. The van der Waals surface area contributed by atoms with E-state index in [1.165, 1.54) is 49.7 Å². The van der Waals surface area contributed by atoms with Crippen LogP contribution in [0.5, 0.6) is 0 Å². The number of carbonyl (C=O) groups is 1. The fraction of sp³-hybridized carbons (Fsp3) is 0.741. The van der Waals surface area contributed by atoms with Crippen LogP contribution in [0.15, 0.2) is 34.9 Å². The predicted molar refractivity (Wildman–Crippen MR) is 118 cm³/mol. The lowest BCUT2D eigenvalue weighted by molar-refractivity contribution is -0.120. The number of rotatable bonds is 4. The Hall–Kier alpha value is -1.11. The number of Topliss-reactive ketones (excluding diaryl/α,β-unsaturated/α-hetero) is 1. The Balaban J connectivity index is 1.56. The van der Waals surface area contributed by atoms with Gasteiger partial charge in [-0.05, 0) is 93.3 Å². The molecule has 4 aliphatic rings. The molecule has 3 saturated carbocycles. The summed E-state index contributed by atoms with van der Waals surface area (Å²) in [5, 5.41) is 0. The summed E-state index contributed by atoms with van der Waals surface area (Å²) >= 11 is 0. The molecule has 0 spiro atoms. The molecule has 0 heterocycles. The van der Waals surface area contributed by atoms with Crippen molar-refractivity contribution in [3.63, 3.8) is 0 Å². The van der Waals surface area contributed by atoms with Gasteiger partial charge < -0.3 is 0 Å². The van der Waals surface area contributed by atoms with Gasteiger partial charge in [0.05, 0.1) is 0 Å². The third-order valence-electron chi connectivity index (χ3n) is 9.34. The first-order chi connectivity index (χ1) is 13.3. The SMILES string of the molecule is CC(C)=CCC[C@@H](C)[C@H]1CC[C@H]2C3=CC=C4CC(=O)CC[C@]4(C)[C@H]3CC[C@]12C. The van der Waals surface area contributed by atoms with E-state index in [9.17, 15) is 4.79 Å². The molecule has 28 heavy (non-hydrogen) atoms. The lowest BCUT2D eigenvalue weighted by Crippen LogP contribution is -2.46. The van der Waals surface area contributed by atoms with Crippen molar-refractivity contribution < 1.29 is 4.79 Å². The predicted octanol–water partition coefficient (Wildman–Crippen LogP) is 7.44. The van der Waals surface area contributed by atoms with E-state index >= 15 is 0 Å². The van der Waals surface area contributed by atoms with Crippen LogP contribution in [0.2, 0.25) is 0 Å². The Kier molecular flexibility index (Phi) is 5.26. The molecule has 3 fully saturated rings. The quantitative estimate of drug-likeness (QED) is 0.463. The number of allylic oxidation sites excluding steroid dienone is 6. The Labute approximate surface area is 172 Å². The molecule has 0 radical (unpaired) electrons. The molecule has 4 aliphatic carbocycles. The van der Waals surface area contributed by atoms with Gasteiger partial charge in [0.15, 0.2) is 0 Å². The fourth-order valence-corrected chi connectivity index (χ4v) is 7.63. The van der Waals surface area contributed by atoms with Crippen LogP contribution in [0.25, 0.3) is 0 Å². The third-order valence-corrected chi connectivity index (χ3v) is 9.34. The van der Waals surface area contributed by atoms with Crippen LogP contribution < -0.4 is 0 Å². The maximum absolute atomic E-state index is 12.0. The minimum atomic E-state index is 0.256. The summed E-state index contributed by atoms with van der Waals surface area (Å²) in [6.45, 7) is 12.0. The second-order valence-corrected chi connectivity index (χ2v) is 11.2. The van der Waals surface area contributed by atoms with Gasteiger partial charge in [0.2, 0.25) is 0 Å². The highest BCUT2D eigenvalue weighted by atomic mass is 16.1. The lowest BCUT2D eigenvalue weighted by Gasteiger charge is -2.54. The first-order valence-corrected chi connectivity index (χ1v) is 11.8. The van der Waals surface area contributed by atoms with Gasteiger partial charge in [-0.2, -0.15) is 0 Å². The molecule has 0 bridgehead atoms. The Bertz CT molecular complexity index is 733. The van der Waals surface area contributed by atoms with Crippen molar-refractivity contribution in [1.82, 2.24) is 0 Å². The van der Waals surface area contributed by atoms with Gasteiger partial charge in [-0.3, -0.25) is 4.79 Å². The Morgan fingerprint density at radius 1 is 1.14 bits per heavy atom. The van der Waals surface area contributed by atoms with E-state index in [0.29, 0.717) is 23.5 Å². The summed E-state index contributed by atoms with van der Waals surface area (Å²) in [5.41, 5.74) is 5.39. The van der Waals surface area contributed by atoms with E-state index in [2.05, 4.69) is 52.8 Å². The van der Waals surface area contributed by atoms with Crippen molar-refractivity contribution in [2.75, 3.05) is 0 Å². The average molecular weight is 381 g/mol. The van der Waals surface area contributed by atoms with E-state index in [1.807, 2.05) is 0 Å². The lowest BCUT2D eigenvalue weighted by atomic mass is 9.50. The van der Waals surface area contributed by atoms with Crippen LogP contribution in [0, 0.1) is 34.5 Å². The average Bonchev–Trinajstić information content (AvgIpc) is 2.99. The standard InChI is InChI=1S/C27H40O/c1-18(2)7-6-8-19(3)23-11-12-24-22-10-9-20-17-21(28)13-15-26(20,4)25(22)14-16-27(23,24)5/h7,9-10,19,23-25H,6,8,11-17H2,1-5H3/t19-,23-,24+,25+,26+,27-/m1/s1. The van der Waals surface area contributed by atoms with Crippen molar-refractivity contribution in [2.24, 2.45) is 34.5 Å². The summed E-state index contributed by atoms with van der Waals surface area (Å²) in [6, 6.07) is 0. The summed E-state index contributed by atoms with van der Waals surface area (Å²) in [5.74, 6) is 3.61. The van der Waals surface area contributed by atoms with Crippen LogP contribution in [0.3, 0.4) is 0 Å². The maximum atomic E-state index is 12.0. The first-order valence-electron chi connectivity index (χ1n) is 11.8. The number of hydrogen-bond donors (Lipinski definition) is 0. The molecule has 0 aromatic rings. The molecule has 4 rings (SSSR count). The largest absolute Gasteiger partial charge is 0.299 e. The van der Waals surface area contributed by atoms with E-state index in [1.54, 1.807) is 5.57 Å². The van der Waals surface area contributed by atoms with Gasteiger partial charge in [0.25, 0.3) is 0 Å². The molecule has 0 aromatic heterocycles. The molecule has 0 aromatic carbocycles. The molecular formula is C27H40O. The number of fused-ring (bicyclic) bond motifs is 5. The molecule has 0 unspecified atom stereocenters. The molecular weight excluding hydrogens is 340 g/mol. The van der Waals surface area contributed by atoms with Crippen molar-refractivity contribution in [2.45, 2.75) is 92.4 Å². The molecule has 154 valence electrons. The molecule has 0 N–H and O–H groups in total. The molecule has 0 saturated heterocycles. The highest BCUT2D eigenvalue weighted by molar-refractivity contribution is 5.83. The summed E-state index contributed by atoms with van der Waals surface area (Å²) in [4.78, 5) is 12.0. The summed E-state index contributed by atoms with van der Waals surface area (Å²) in [7, 11) is 0. The zero-order valence-electron chi connectivity index (χ0n) is 18.8. The fourth-order valence-electron chi connectivity index (χ4n) is 7.63. The van der Waals surface area contributed by atoms with E-state index in [0.717, 1.165) is 30.6 Å². The zero-order valence-corrected chi connectivity index (χ0v) is 18.8. The second-order valence-electron chi connectivity index (χ2n) is 11.2. The van der Waals surface area contributed by atoms with Crippen LogP contribution in [0.1, 0.15) is 92.4 Å². The van der Waals surface area contributed by atoms with Gasteiger partial charge in [0, 0.05) is 12.8 Å². The van der Waals surface area contributed by atoms with Crippen molar-refractivity contribution in [3.8, 4) is 0 Å². The minimum Gasteiger partial charge on any atom is -0.299 e. The molecule has 0 aliphatic heterocycles. The Morgan fingerprint density at radius 3 is 2.68 bits per heavy atom. The second kappa shape index (κ2) is 7.29. The van der Waals surface area contributed by atoms with Gasteiger partial charge >= 0.3 is 0 Å². The van der Waals surface area contributed by atoms with Gasteiger partial charge in [-0.25, -0.2) is 0 Å². The van der Waals surface area contributed by atoms with Crippen molar-refractivity contribution >= 4 is 5.78 Å². The van der Waals surface area contributed by atoms with Crippen LogP contribution >= 0.6 is 0 Å². The van der Waals surface area contributed by atoms with E-state index in [-0.39, 0.29) is 5.41 Å². The normalized spacial score (nSPS) is 40.6. The van der Waals surface area contributed by atoms with Crippen molar-refractivity contribution in [3.05, 3.63) is 34.9 Å². The third kappa shape index (κ3) is 3.17. The van der Waals surface area contributed by atoms with Crippen LogP contribution in [0.4, 0.5) is 0 Å². The van der Waals surface area contributed by atoms with E-state index < -0.39 is 0 Å². The molecule has 1 nitrogen and oxygen atoms in total. The van der Waals surface area contributed by atoms with Gasteiger partial charge in [0.1, 0.15) is 5.78 Å². The monoisotopic (exact) mass is 380 g/mol. The zero-order chi connectivity index (χ0) is 20.1. The molecule has 1 heteroatoms. The van der Waals surface area contributed by atoms with Crippen LogP contribution in [-0.4, -0.2) is 5.78 Å². The van der Waals surface area contributed by atoms with E-state index in [4.69, 9.17) is 0 Å². The summed E-state index contributed by atoms with van der Waals surface area (Å²) in [6.07, 6.45) is 17.9. The number of ketones is 1. The highest BCUT2D eigenvalue weighted by Crippen LogP contribution is 2.65. The minimum absolute atomic E-state index is 0.256. The van der Waals surface area contributed by atoms with Crippen LogP contribution in [-0.2, 0) is 4.79 Å². The van der Waals surface area contributed by atoms with Gasteiger partial charge in [-0.1, -0.05) is 55.7 Å².